The fraction of sp³-hybridized carbons (Fsp3) is 0.200. The minimum Gasteiger partial charge on any atom is -0.480 e. The Hall–Kier alpha value is -2.04. The maximum Gasteiger partial charge on any atom is 0.226 e. The van der Waals surface area contributed by atoms with Crippen molar-refractivity contribution >= 4 is 0 Å². The van der Waals surface area contributed by atoms with Crippen molar-refractivity contribution < 1.29 is 13.7 Å². The fourth-order valence-electron chi connectivity index (χ4n) is 1.06. The van der Waals surface area contributed by atoms with Crippen molar-refractivity contribution in [3.8, 4) is 5.75 Å². The molecule has 0 aliphatic heterocycles. The molecule has 0 spiro atoms. The number of hydrogen-bond acceptors (Lipinski definition) is 5. The van der Waals surface area contributed by atoms with Crippen LogP contribution < -0.4 is 10.2 Å². The van der Waals surface area contributed by atoms with E-state index in [0.717, 1.165) is 0 Å². The van der Waals surface area contributed by atoms with Crippen LogP contribution in [0.5, 0.6) is 5.75 Å². The minimum absolute atomic E-state index is 0.170. The maximum atomic E-state index is 11.4. The lowest BCUT2D eigenvalue weighted by molar-refractivity contribution is 0.276. The van der Waals surface area contributed by atoms with Gasteiger partial charge in [0.2, 0.25) is 11.2 Å². The molecule has 0 fully saturated rings. The zero-order valence-electron chi connectivity index (χ0n) is 8.10. The van der Waals surface area contributed by atoms with E-state index in [9.17, 15) is 4.79 Å². The van der Waals surface area contributed by atoms with Crippen LogP contribution in [0.25, 0.3) is 0 Å². The van der Waals surface area contributed by atoms with Gasteiger partial charge in [0.1, 0.15) is 30.6 Å². The van der Waals surface area contributed by atoms with Crippen LogP contribution in [0.1, 0.15) is 11.5 Å². The Morgan fingerprint density at radius 3 is 3.07 bits per heavy atom. The lowest BCUT2D eigenvalue weighted by Gasteiger charge is -2.01. The number of hydrogen-bond donors (Lipinski definition) is 0. The molecule has 2 aromatic heterocycles. The topological polar surface area (TPSA) is 65.5 Å². The molecular weight excluding hydrogens is 198 g/mol. The van der Waals surface area contributed by atoms with Gasteiger partial charge in [-0.1, -0.05) is 5.16 Å². The predicted molar refractivity (Wildman–Crippen MR) is 50.6 cm³/mol. The molecule has 0 unspecified atom stereocenters. The average molecular weight is 207 g/mol. The highest BCUT2D eigenvalue weighted by molar-refractivity contribution is 5.17. The van der Waals surface area contributed by atoms with E-state index in [2.05, 4.69) is 9.68 Å². The second kappa shape index (κ2) is 4.00. The highest BCUT2D eigenvalue weighted by Crippen LogP contribution is 2.07. The molecule has 0 N–H and O–H groups in total. The Morgan fingerprint density at radius 2 is 2.40 bits per heavy atom. The van der Waals surface area contributed by atoms with Crippen LogP contribution in [-0.2, 0) is 6.61 Å². The maximum absolute atomic E-state index is 11.4. The van der Waals surface area contributed by atoms with Crippen LogP contribution in [-0.4, -0.2) is 5.16 Å². The molecule has 0 atom stereocenters. The normalized spacial score (nSPS) is 10.2. The number of rotatable bonds is 3. The van der Waals surface area contributed by atoms with Crippen molar-refractivity contribution in [1.29, 1.82) is 0 Å². The van der Waals surface area contributed by atoms with Gasteiger partial charge in [0.25, 0.3) is 0 Å². The smallest absolute Gasteiger partial charge is 0.226 e. The third-order valence-electron chi connectivity index (χ3n) is 1.80. The first kappa shape index (κ1) is 9.51. The summed E-state index contributed by atoms with van der Waals surface area (Å²) in [5.74, 6) is 0.720. The Labute approximate surface area is 85.3 Å². The van der Waals surface area contributed by atoms with Crippen molar-refractivity contribution in [3.63, 3.8) is 0 Å². The summed E-state index contributed by atoms with van der Waals surface area (Å²) in [7, 11) is 0. The number of nitrogens with zero attached hydrogens (tertiary/aromatic N) is 1. The van der Waals surface area contributed by atoms with Crippen LogP contribution in [0.3, 0.4) is 0 Å². The van der Waals surface area contributed by atoms with E-state index < -0.39 is 0 Å². The first-order valence-electron chi connectivity index (χ1n) is 4.37. The zero-order valence-corrected chi connectivity index (χ0v) is 8.10. The Morgan fingerprint density at radius 1 is 1.53 bits per heavy atom. The molecule has 0 aromatic carbocycles. The largest absolute Gasteiger partial charge is 0.480 e. The van der Waals surface area contributed by atoms with Gasteiger partial charge in [-0.3, -0.25) is 4.79 Å². The van der Waals surface area contributed by atoms with Gasteiger partial charge in [-0.05, 0) is 6.92 Å². The second-order valence-electron chi connectivity index (χ2n) is 3.00. The van der Waals surface area contributed by atoms with E-state index in [1.54, 1.807) is 13.0 Å². The molecule has 15 heavy (non-hydrogen) atoms. The van der Waals surface area contributed by atoms with Crippen molar-refractivity contribution in [1.82, 2.24) is 5.16 Å². The molecule has 0 amide bonds. The minimum atomic E-state index is -0.206. The summed E-state index contributed by atoms with van der Waals surface area (Å²) in [6, 6.07) is 3.04. The standard InChI is InChI=1S/C10H9NO4/c1-7-4-9(12)10(6-13-7)14-5-8-2-3-15-11-8/h2-4,6H,5H2,1H3. The molecule has 0 saturated carbocycles. The molecular formula is C10H9NO4. The van der Waals surface area contributed by atoms with E-state index in [4.69, 9.17) is 9.15 Å². The Kier molecular flexibility index (Phi) is 2.53. The van der Waals surface area contributed by atoms with Crippen molar-refractivity contribution in [2.75, 3.05) is 0 Å². The molecule has 0 radical (unpaired) electrons. The fourth-order valence-corrected chi connectivity index (χ4v) is 1.06. The van der Waals surface area contributed by atoms with E-state index in [1.807, 2.05) is 0 Å². The van der Waals surface area contributed by atoms with Gasteiger partial charge < -0.3 is 13.7 Å². The molecule has 0 saturated heterocycles. The summed E-state index contributed by atoms with van der Waals surface area (Å²) < 4.78 is 14.9. The van der Waals surface area contributed by atoms with Crippen LogP contribution in [0.2, 0.25) is 0 Å². The average Bonchev–Trinajstić information content (AvgIpc) is 2.69. The number of ether oxygens (including phenoxy) is 1. The summed E-state index contributed by atoms with van der Waals surface area (Å²) in [6.07, 6.45) is 2.73. The third-order valence-corrected chi connectivity index (χ3v) is 1.80. The van der Waals surface area contributed by atoms with Gasteiger partial charge in [0, 0.05) is 12.1 Å². The van der Waals surface area contributed by atoms with Crippen LogP contribution in [0, 0.1) is 6.92 Å². The van der Waals surface area contributed by atoms with Gasteiger partial charge in [0.05, 0.1) is 0 Å². The van der Waals surface area contributed by atoms with E-state index in [0.29, 0.717) is 11.5 Å². The van der Waals surface area contributed by atoms with Gasteiger partial charge >= 0.3 is 0 Å². The molecule has 0 aliphatic carbocycles. The zero-order chi connectivity index (χ0) is 10.7. The lowest BCUT2D eigenvalue weighted by Crippen LogP contribution is -2.07. The monoisotopic (exact) mass is 207 g/mol. The van der Waals surface area contributed by atoms with Gasteiger partial charge in [0.15, 0.2) is 0 Å². The summed E-state index contributed by atoms with van der Waals surface area (Å²) in [5.41, 5.74) is 0.414. The molecule has 2 aromatic rings. The quantitative estimate of drug-likeness (QED) is 0.763. The first-order valence-corrected chi connectivity index (χ1v) is 4.37. The molecule has 2 heterocycles. The van der Waals surface area contributed by atoms with E-state index >= 15 is 0 Å². The second-order valence-corrected chi connectivity index (χ2v) is 3.00. The molecule has 0 bridgehead atoms. The van der Waals surface area contributed by atoms with Crippen molar-refractivity contribution in [2.24, 2.45) is 0 Å². The van der Waals surface area contributed by atoms with Crippen LogP contribution >= 0.6 is 0 Å². The van der Waals surface area contributed by atoms with E-state index in [-0.39, 0.29) is 17.8 Å². The van der Waals surface area contributed by atoms with E-state index in [1.165, 1.54) is 18.6 Å². The summed E-state index contributed by atoms with van der Waals surface area (Å²) in [6.45, 7) is 1.88. The molecule has 5 nitrogen and oxygen atoms in total. The van der Waals surface area contributed by atoms with Gasteiger partial charge in [-0.25, -0.2) is 0 Å². The first-order chi connectivity index (χ1) is 7.25. The Balaban J connectivity index is 2.09. The van der Waals surface area contributed by atoms with Crippen LogP contribution in [0.4, 0.5) is 0 Å². The molecule has 5 heteroatoms. The molecule has 0 aliphatic rings. The molecule has 2 rings (SSSR count). The molecule has 78 valence electrons. The third kappa shape index (κ3) is 2.25. The van der Waals surface area contributed by atoms with Crippen molar-refractivity contribution in [2.45, 2.75) is 13.5 Å². The highest BCUT2D eigenvalue weighted by atomic mass is 16.5. The van der Waals surface area contributed by atoms with Crippen molar-refractivity contribution in [3.05, 3.63) is 46.3 Å². The number of aromatic nitrogens is 1. The predicted octanol–water partition coefficient (Wildman–Crippen LogP) is 1.52. The summed E-state index contributed by atoms with van der Waals surface area (Å²) in [4.78, 5) is 11.4. The van der Waals surface area contributed by atoms with Gasteiger partial charge in [-0.2, -0.15) is 0 Å². The highest BCUT2D eigenvalue weighted by Gasteiger charge is 2.03. The number of aryl methyl sites for hydroxylation is 1. The lowest BCUT2D eigenvalue weighted by atomic mass is 10.4. The SMILES string of the molecule is Cc1cc(=O)c(OCc2ccon2)co1. The summed E-state index contributed by atoms with van der Waals surface area (Å²) >= 11 is 0. The Bertz CT molecular complexity index is 486. The van der Waals surface area contributed by atoms with Crippen LogP contribution in [0.15, 0.2) is 38.4 Å². The van der Waals surface area contributed by atoms with Gasteiger partial charge in [-0.15, -0.1) is 0 Å². The summed E-state index contributed by atoms with van der Waals surface area (Å²) in [5, 5.41) is 3.65.